The second-order valence-corrected chi connectivity index (χ2v) is 11.8. The molecule has 238 valence electrons. The van der Waals surface area contributed by atoms with Gasteiger partial charge in [0.05, 0.1) is 35.5 Å². The zero-order valence-corrected chi connectivity index (χ0v) is 27.2. The van der Waals surface area contributed by atoms with Crippen LogP contribution in [-0.4, -0.2) is 55.1 Å². The third kappa shape index (κ3) is 8.24. The molecule has 1 saturated heterocycles. The molecule has 0 aliphatic carbocycles. The van der Waals surface area contributed by atoms with Crippen molar-refractivity contribution in [2.45, 2.75) is 46.5 Å². The van der Waals surface area contributed by atoms with Crippen LogP contribution in [0.25, 0.3) is 11.1 Å². The Morgan fingerprint density at radius 1 is 1.00 bits per heavy atom. The molecule has 8 nitrogen and oxygen atoms in total. The lowest BCUT2D eigenvalue weighted by molar-refractivity contribution is -0.0193. The molecule has 2 heterocycles. The summed E-state index contributed by atoms with van der Waals surface area (Å²) in [6, 6.07) is 19.2. The number of carbonyl (C=O) groups excluding carboxylic acids is 1. The Balaban J connectivity index is 1.25. The van der Waals surface area contributed by atoms with E-state index in [1.807, 2.05) is 24.3 Å². The summed E-state index contributed by atoms with van der Waals surface area (Å²) >= 11 is 6.50. The molecule has 9 heteroatoms. The zero-order valence-electron chi connectivity index (χ0n) is 26.4. The highest BCUT2D eigenvalue weighted by molar-refractivity contribution is 6.32. The minimum Gasteiger partial charge on any atom is -0.493 e. The summed E-state index contributed by atoms with van der Waals surface area (Å²) in [6.45, 7) is 11.1. The molecule has 4 aromatic rings. The maximum Gasteiger partial charge on any atom is 0.153 e. The van der Waals surface area contributed by atoms with Gasteiger partial charge in [0.15, 0.2) is 6.29 Å². The lowest BCUT2D eigenvalue weighted by atomic mass is 9.93. The number of carbonyl (C=O) groups is 1. The highest BCUT2D eigenvalue weighted by atomic mass is 35.5. The smallest absolute Gasteiger partial charge is 0.153 e. The molecule has 0 amide bonds. The van der Waals surface area contributed by atoms with Gasteiger partial charge in [0, 0.05) is 43.7 Å². The fourth-order valence-corrected chi connectivity index (χ4v) is 5.81. The Morgan fingerprint density at radius 2 is 1.78 bits per heavy atom. The van der Waals surface area contributed by atoms with Crippen LogP contribution in [0, 0.1) is 25.2 Å². The summed E-state index contributed by atoms with van der Waals surface area (Å²) in [6.07, 6.45) is 5.02. The van der Waals surface area contributed by atoms with Gasteiger partial charge in [-0.2, -0.15) is 5.26 Å². The first-order chi connectivity index (χ1) is 22.4. The van der Waals surface area contributed by atoms with Crippen molar-refractivity contribution in [1.29, 1.82) is 5.26 Å². The molecule has 0 unspecified atom stereocenters. The average molecular weight is 640 g/mol. The van der Waals surface area contributed by atoms with Crippen LogP contribution in [0.3, 0.4) is 0 Å². The topological polar surface area (TPSA) is 93.9 Å². The van der Waals surface area contributed by atoms with E-state index in [0.717, 1.165) is 66.2 Å². The molecule has 0 spiro atoms. The van der Waals surface area contributed by atoms with Gasteiger partial charge in [-0.3, -0.25) is 14.7 Å². The summed E-state index contributed by atoms with van der Waals surface area (Å²) in [5, 5.41) is 9.45. The highest BCUT2D eigenvalue weighted by Crippen LogP contribution is 2.36. The first kappa shape index (κ1) is 33.0. The molecule has 1 fully saturated rings. The standard InChI is InChI=1S/C37H38ClN3O5/c1-25-21-41(12-14-43-25)11-6-13-44-35-10-5-9-33(27(35)3)32-8-4-7-30(26(32)2)24-46-37-17-36(31(22-42)16-34(37)38)45-23-29-15-28(18-39)19-40-20-29/h4-5,7-10,15-17,19-20,22,25H,6,11-14,21,23-24H2,1-3H3/t25-/m0/s1. The molecule has 1 aliphatic heterocycles. The highest BCUT2D eigenvalue weighted by Gasteiger charge is 2.17. The number of aldehydes is 1. The van der Waals surface area contributed by atoms with E-state index in [1.54, 1.807) is 18.3 Å². The fraction of sp³-hybridized carbons (Fsp3) is 0.324. The Kier molecular flexibility index (Phi) is 11.3. The van der Waals surface area contributed by atoms with E-state index < -0.39 is 0 Å². The van der Waals surface area contributed by atoms with E-state index in [1.165, 1.54) is 12.3 Å². The van der Waals surface area contributed by atoms with Gasteiger partial charge in [-0.15, -0.1) is 0 Å². The van der Waals surface area contributed by atoms with Crippen molar-refractivity contribution in [2.24, 2.45) is 0 Å². The van der Waals surface area contributed by atoms with Crippen LogP contribution >= 0.6 is 11.6 Å². The maximum absolute atomic E-state index is 11.8. The monoisotopic (exact) mass is 639 g/mol. The van der Waals surface area contributed by atoms with Gasteiger partial charge in [0.2, 0.25) is 0 Å². The lowest BCUT2D eigenvalue weighted by Gasteiger charge is -2.30. The third-order valence-corrected chi connectivity index (χ3v) is 8.41. The first-order valence-electron chi connectivity index (χ1n) is 15.4. The van der Waals surface area contributed by atoms with Crippen LogP contribution in [0.1, 0.15) is 51.5 Å². The number of rotatable bonds is 13. The van der Waals surface area contributed by atoms with Crippen LogP contribution in [0.4, 0.5) is 0 Å². The van der Waals surface area contributed by atoms with Crippen LogP contribution in [0.15, 0.2) is 67.0 Å². The van der Waals surface area contributed by atoms with Gasteiger partial charge < -0.3 is 18.9 Å². The number of ether oxygens (including phenoxy) is 4. The van der Waals surface area contributed by atoms with Crippen molar-refractivity contribution in [3.8, 4) is 34.4 Å². The van der Waals surface area contributed by atoms with E-state index >= 15 is 0 Å². The Morgan fingerprint density at radius 3 is 2.57 bits per heavy atom. The van der Waals surface area contributed by atoms with Crippen LogP contribution in [0.5, 0.6) is 17.2 Å². The molecule has 0 N–H and O–H groups in total. The second-order valence-electron chi connectivity index (χ2n) is 11.4. The quantitative estimate of drug-likeness (QED) is 0.111. The van der Waals surface area contributed by atoms with Gasteiger partial charge in [-0.25, -0.2) is 0 Å². The van der Waals surface area contributed by atoms with E-state index in [-0.39, 0.29) is 19.3 Å². The SMILES string of the molecule is Cc1c(COc2cc(OCc3cncc(C#N)c3)c(C=O)cc2Cl)cccc1-c1cccc(OCCCN2CCO[C@@H](C)C2)c1C. The molecule has 0 bridgehead atoms. The summed E-state index contributed by atoms with van der Waals surface area (Å²) in [5.41, 5.74) is 6.82. The number of morpholine rings is 1. The minimum atomic E-state index is 0.126. The van der Waals surface area contributed by atoms with Crippen molar-refractivity contribution < 1.29 is 23.7 Å². The van der Waals surface area contributed by atoms with Crippen LogP contribution in [-0.2, 0) is 18.0 Å². The van der Waals surface area contributed by atoms with Crippen molar-refractivity contribution in [3.05, 3.63) is 105 Å². The van der Waals surface area contributed by atoms with Crippen molar-refractivity contribution >= 4 is 17.9 Å². The van der Waals surface area contributed by atoms with E-state index in [9.17, 15) is 4.79 Å². The fourth-order valence-electron chi connectivity index (χ4n) is 5.58. The zero-order chi connectivity index (χ0) is 32.5. The molecule has 0 saturated carbocycles. The predicted molar refractivity (Wildman–Crippen MR) is 178 cm³/mol. The molecular formula is C37H38ClN3O5. The number of hydrogen-bond donors (Lipinski definition) is 0. The molecule has 1 atom stereocenters. The largest absolute Gasteiger partial charge is 0.493 e. The van der Waals surface area contributed by atoms with Gasteiger partial charge in [-0.05, 0) is 73.2 Å². The number of hydrogen-bond acceptors (Lipinski definition) is 8. The van der Waals surface area contributed by atoms with Gasteiger partial charge in [-0.1, -0.05) is 41.9 Å². The normalized spacial score (nSPS) is 14.8. The summed E-state index contributed by atoms with van der Waals surface area (Å²) in [4.78, 5) is 18.2. The second kappa shape index (κ2) is 15.7. The number of aromatic nitrogens is 1. The average Bonchev–Trinajstić information content (AvgIpc) is 3.07. The summed E-state index contributed by atoms with van der Waals surface area (Å²) in [7, 11) is 0. The van der Waals surface area contributed by atoms with Gasteiger partial charge in [0.25, 0.3) is 0 Å². The van der Waals surface area contributed by atoms with E-state index in [4.69, 9.17) is 35.8 Å². The number of halogens is 1. The van der Waals surface area contributed by atoms with Gasteiger partial charge >= 0.3 is 0 Å². The molecular weight excluding hydrogens is 602 g/mol. The Labute approximate surface area is 275 Å². The molecule has 0 radical (unpaired) electrons. The lowest BCUT2D eigenvalue weighted by Crippen LogP contribution is -2.41. The first-order valence-corrected chi connectivity index (χ1v) is 15.8. The maximum atomic E-state index is 11.8. The number of benzene rings is 3. The van der Waals surface area contributed by atoms with Crippen molar-refractivity contribution in [2.75, 3.05) is 32.8 Å². The van der Waals surface area contributed by atoms with Crippen molar-refractivity contribution in [3.63, 3.8) is 0 Å². The van der Waals surface area contributed by atoms with Gasteiger partial charge in [0.1, 0.15) is 36.5 Å². The molecule has 5 rings (SSSR count). The molecule has 3 aromatic carbocycles. The number of nitrogens with zero attached hydrogens (tertiary/aromatic N) is 3. The van der Waals surface area contributed by atoms with E-state index in [2.05, 4.69) is 48.9 Å². The van der Waals surface area contributed by atoms with Crippen LogP contribution < -0.4 is 14.2 Å². The predicted octanol–water partition coefficient (Wildman–Crippen LogP) is 7.35. The number of nitriles is 1. The Bertz CT molecular complexity index is 1720. The molecule has 1 aliphatic rings. The Hall–Kier alpha value is -4.42. The summed E-state index contributed by atoms with van der Waals surface area (Å²) < 4.78 is 24.0. The molecule has 1 aromatic heterocycles. The third-order valence-electron chi connectivity index (χ3n) is 8.11. The summed E-state index contributed by atoms with van der Waals surface area (Å²) in [5.74, 6) is 1.61. The van der Waals surface area contributed by atoms with Crippen LogP contribution in [0.2, 0.25) is 5.02 Å². The molecule has 46 heavy (non-hydrogen) atoms. The van der Waals surface area contributed by atoms with Crippen molar-refractivity contribution in [1.82, 2.24) is 9.88 Å². The number of pyridine rings is 1. The van der Waals surface area contributed by atoms with E-state index in [0.29, 0.717) is 46.1 Å². The minimum absolute atomic E-state index is 0.126.